The number of allylic oxidation sites excluding steroid dienone is 1. The van der Waals surface area contributed by atoms with Crippen molar-refractivity contribution in [2.45, 2.75) is 19.4 Å². The van der Waals surface area contributed by atoms with Crippen LogP contribution in [0.25, 0.3) is 38.1 Å². The molecule has 32 heavy (non-hydrogen) atoms. The van der Waals surface area contributed by atoms with Crippen LogP contribution in [-0.2, 0) is 6.61 Å². The normalized spacial score (nSPS) is 11.0. The van der Waals surface area contributed by atoms with Gasteiger partial charge >= 0.3 is 0 Å². The molecular formula is C24H27N3O5. The van der Waals surface area contributed by atoms with E-state index in [0.717, 1.165) is 45.5 Å². The van der Waals surface area contributed by atoms with Gasteiger partial charge in [0.25, 0.3) is 0 Å². The molecule has 0 aliphatic rings. The van der Waals surface area contributed by atoms with Crippen LogP contribution in [0.5, 0.6) is 23.0 Å². The Morgan fingerprint density at radius 3 is 1.84 bits per heavy atom. The van der Waals surface area contributed by atoms with Gasteiger partial charge in [-0.25, -0.2) is 0 Å². The lowest BCUT2D eigenvalue weighted by Gasteiger charge is -2.18. The summed E-state index contributed by atoms with van der Waals surface area (Å²) < 4.78 is 22.1. The third-order valence-corrected chi connectivity index (χ3v) is 5.41. The third-order valence-electron chi connectivity index (χ3n) is 5.41. The molecule has 0 radical (unpaired) electrons. The molecule has 168 valence electrons. The van der Waals surface area contributed by atoms with Crippen molar-refractivity contribution >= 4 is 27.6 Å². The van der Waals surface area contributed by atoms with Crippen LogP contribution in [0.4, 0.5) is 0 Å². The Kier molecular flexibility index (Phi) is 7.65. The fourth-order valence-corrected chi connectivity index (χ4v) is 3.87. The average molecular weight is 437 g/mol. The number of benzene rings is 3. The highest BCUT2D eigenvalue weighted by Crippen LogP contribution is 2.43. The molecular weight excluding hydrogens is 410 g/mol. The van der Waals surface area contributed by atoms with Crippen molar-refractivity contribution in [3.8, 4) is 23.0 Å². The molecule has 0 amide bonds. The van der Waals surface area contributed by atoms with E-state index in [1.165, 1.54) is 0 Å². The number of rotatable bonds is 10. The van der Waals surface area contributed by atoms with E-state index in [0.29, 0.717) is 29.5 Å². The molecule has 0 aliphatic carbocycles. The predicted molar refractivity (Wildman–Crippen MR) is 126 cm³/mol. The van der Waals surface area contributed by atoms with E-state index >= 15 is 0 Å². The van der Waals surface area contributed by atoms with E-state index in [2.05, 4.69) is 10.0 Å². The van der Waals surface area contributed by atoms with Crippen LogP contribution < -0.4 is 18.9 Å². The van der Waals surface area contributed by atoms with Gasteiger partial charge in [0.05, 0.1) is 35.0 Å². The van der Waals surface area contributed by atoms with E-state index in [1.54, 1.807) is 28.4 Å². The molecule has 0 saturated carbocycles. The van der Waals surface area contributed by atoms with E-state index in [-0.39, 0.29) is 6.61 Å². The van der Waals surface area contributed by atoms with E-state index < -0.39 is 0 Å². The van der Waals surface area contributed by atoms with E-state index in [9.17, 15) is 5.11 Å². The average Bonchev–Trinajstić information content (AvgIpc) is 2.84. The number of fused-ring (bicyclic) bond motifs is 3. The number of aliphatic hydroxyl groups excluding tert-OH is 1. The second-order valence-electron chi connectivity index (χ2n) is 7.05. The number of aliphatic hydroxyl groups is 1. The predicted octanol–water partition coefficient (Wildman–Crippen LogP) is 5.62. The van der Waals surface area contributed by atoms with Crippen LogP contribution in [0.3, 0.4) is 0 Å². The Hall–Kier alpha value is -3.61. The summed E-state index contributed by atoms with van der Waals surface area (Å²) in [4.78, 5) is 2.78. The molecule has 3 aromatic carbocycles. The van der Waals surface area contributed by atoms with Gasteiger partial charge in [0, 0.05) is 11.5 Å². The first-order valence-electron chi connectivity index (χ1n) is 10.2. The van der Waals surface area contributed by atoms with Gasteiger partial charge in [-0.1, -0.05) is 17.3 Å². The molecule has 0 spiro atoms. The molecule has 0 heterocycles. The molecule has 3 rings (SSSR count). The number of unbranched alkanes of at least 4 members (excludes halogenated alkanes) is 1. The van der Waals surface area contributed by atoms with Crippen LogP contribution in [0, 0.1) is 0 Å². The van der Waals surface area contributed by atoms with Crippen LogP contribution >= 0.6 is 0 Å². The Labute approximate surface area is 186 Å². The van der Waals surface area contributed by atoms with Crippen molar-refractivity contribution < 1.29 is 24.1 Å². The van der Waals surface area contributed by atoms with Gasteiger partial charge in [-0.05, 0) is 75.3 Å². The maximum atomic E-state index is 10.3. The van der Waals surface area contributed by atoms with Crippen LogP contribution in [0.15, 0.2) is 35.5 Å². The van der Waals surface area contributed by atoms with E-state index in [4.69, 9.17) is 24.5 Å². The third kappa shape index (κ3) is 4.37. The summed E-state index contributed by atoms with van der Waals surface area (Å²) >= 11 is 0. The topological polar surface area (TPSA) is 106 Å². The summed E-state index contributed by atoms with van der Waals surface area (Å²) in [6.45, 7) is 0.281. The van der Waals surface area contributed by atoms with Gasteiger partial charge in [-0.3, -0.25) is 0 Å². The lowest BCUT2D eigenvalue weighted by molar-refractivity contribution is 0.283. The van der Waals surface area contributed by atoms with Crippen molar-refractivity contribution in [1.29, 1.82) is 0 Å². The summed E-state index contributed by atoms with van der Waals surface area (Å²) in [7, 11) is 6.37. The molecule has 0 bridgehead atoms. The minimum absolute atomic E-state index is 0.158. The lowest BCUT2D eigenvalue weighted by atomic mass is 9.90. The number of hydrogen-bond acceptors (Lipinski definition) is 6. The molecule has 3 aromatic rings. The monoisotopic (exact) mass is 437 g/mol. The Morgan fingerprint density at radius 2 is 1.34 bits per heavy atom. The van der Waals surface area contributed by atoms with Gasteiger partial charge in [0.2, 0.25) is 0 Å². The van der Waals surface area contributed by atoms with Crippen molar-refractivity contribution in [1.82, 2.24) is 0 Å². The Morgan fingerprint density at radius 1 is 0.844 bits per heavy atom. The largest absolute Gasteiger partial charge is 0.493 e. The second kappa shape index (κ2) is 10.6. The number of nitrogens with zero attached hydrogens (tertiary/aromatic N) is 3. The highest BCUT2D eigenvalue weighted by molar-refractivity contribution is 6.14. The SMILES string of the molecule is COc1cc2c(/C=C\CCCN=[N+]=[N-])c(CO)c3cc(OC)c(OC)cc3c2cc1OC. The lowest BCUT2D eigenvalue weighted by Crippen LogP contribution is -1.98. The first-order chi connectivity index (χ1) is 15.6. The first kappa shape index (κ1) is 23.1. The minimum Gasteiger partial charge on any atom is -0.493 e. The molecule has 8 heteroatoms. The van der Waals surface area contributed by atoms with Crippen molar-refractivity contribution in [3.05, 3.63) is 51.9 Å². The molecule has 0 unspecified atom stereocenters. The van der Waals surface area contributed by atoms with Crippen LogP contribution in [0.1, 0.15) is 24.0 Å². The zero-order chi connectivity index (χ0) is 23.1. The zero-order valence-electron chi connectivity index (χ0n) is 18.7. The molecule has 0 saturated heterocycles. The van der Waals surface area contributed by atoms with Gasteiger partial charge in [0.1, 0.15) is 0 Å². The quantitative estimate of drug-likeness (QED) is 0.146. The maximum absolute atomic E-state index is 10.3. The summed E-state index contributed by atoms with van der Waals surface area (Å²) in [6.07, 6.45) is 5.49. The fraction of sp³-hybridized carbons (Fsp3) is 0.333. The Balaban J connectivity index is 2.34. The Bertz CT molecular complexity index is 1200. The summed E-state index contributed by atoms with van der Waals surface area (Å²) in [6, 6.07) is 7.65. The van der Waals surface area contributed by atoms with Crippen molar-refractivity contribution in [2.75, 3.05) is 35.0 Å². The van der Waals surface area contributed by atoms with Gasteiger partial charge < -0.3 is 24.1 Å². The first-order valence-corrected chi connectivity index (χ1v) is 10.2. The standard InChI is InChI=1S/C24H27N3O5/c1-29-21-10-16-15(8-6-5-7-9-26-27-25)20(14-28)19-13-24(32-4)23(31-3)12-18(19)17(16)11-22(21)30-2/h6,8,10-13,28H,5,7,9,14H2,1-4H3/b8-6-. The van der Waals surface area contributed by atoms with Crippen LogP contribution in [0.2, 0.25) is 0 Å². The number of methoxy groups -OCH3 is 4. The van der Waals surface area contributed by atoms with Gasteiger partial charge in [-0.2, -0.15) is 0 Å². The smallest absolute Gasteiger partial charge is 0.161 e. The zero-order valence-corrected chi connectivity index (χ0v) is 18.7. The second-order valence-corrected chi connectivity index (χ2v) is 7.05. The summed E-state index contributed by atoms with van der Waals surface area (Å²) in [5.41, 5.74) is 10.1. The van der Waals surface area contributed by atoms with Crippen molar-refractivity contribution in [3.63, 3.8) is 0 Å². The molecule has 8 nitrogen and oxygen atoms in total. The molecule has 0 atom stereocenters. The highest BCUT2D eigenvalue weighted by atomic mass is 16.5. The number of hydrogen-bond donors (Lipinski definition) is 1. The number of ether oxygens (including phenoxy) is 4. The minimum atomic E-state index is -0.158. The maximum Gasteiger partial charge on any atom is 0.161 e. The summed E-state index contributed by atoms with van der Waals surface area (Å²) in [5.74, 6) is 2.39. The fourth-order valence-electron chi connectivity index (χ4n) is 3.87. The summed E-state index contributed by atoms with van der Waals surface area (Å²) in [5, 5.41) is 17.5. The van der Waals surface area contributed by atoms with Gasteiger partial charge in [-0.15, -0.1) is 0 Å². The molecule has 0 fully saturated rings. The van der Waals surface area contributed by atoms with Crippen molar-refractivity contribution in [2.24, 2.45) is 5.11 Å². The van der Waals surface area contributed by atoms with Gasteiger partial charge in [0.15, 0.2) is 23.0 Å². The molecule has 1 N–H and O–H groups in total. The molecule has 0 aromatic heterocycles. The highest BCUT2D eigenvalue weighted by Gasteiger charge is 2.18. The van der Waals surface area contributed by atoms with Crippen LogP contribution in [-0.4, -0.2) is 40.1 Å². The van der Waals surface area contributed by atoms with E-state index in [1.807, 2.05) is 36.4 Å². The number of azide groups is 1. The molecule has 0 aliphatic heterocycles.